The van der Waals surface area contributed by atoms with Crippen LogP contribution in [0, 0.1) is 12.8 Å². The van der Waals surface area contributed by atoms with E-state index in [0.717, 1.165) is 30.5 Å². The first-order valence-corrected chi connectivity index (χ1v) is 9.16. The van der Waals surface area contributed by atoms with Crippen LogP contribution in [0.25, 0.3) is 5.65 Å². The normalized spacial score (nSPS) is 21.2. The molecule has 132 valence electrons. The Hall–Kier alpha value is -2.37. The Morgan fingerprint density at radius 2 is 2.04 bits per heavy atom. The van der Waals surface area contributed by atoms with Crippen LogP contribution in [0.3, 0.4) is 0 Å². The van der Waals surface area contributed by atoms with Crippen LogP contribution in [0.2, 0.25) is 0 Å². The molecule has 1 N–H and O–H groups in total. The number of carbonyl (C=O) groups is 2. The van der Waals surface area contributed by atoms with Crippen molar-refractivity contribution in [2.24, 2.45) is 5.92 Å². The van der Waals surface area contributed by atoms with Crippen LogP contribution in [0.5, 0.6) is 0 Å². The highest BCUT2D eigenvalue weighted by atomic mass is 16.2. The van der Waals surface area contributed by atoms with Crippen LogP contribution in [0.4, 0.5) is 0 Å². The standard InChI is InChI=1S/C19H24N4O2/c1-13-5-4-9-22-12-16(21-17(13)22)19(25)23-10-8-14(11-23)18(24)20-15-6-2-3-7-15/h4-5,9,12,14-15H,2-3,6-8,10-11H2,1H3,(H,20,24)/t14-/m0/s1. The lowest BCUT2D eigenvalue weighted by atomic mass is 10.1. The van der Waals surface area contributed by atoms with E-state index in [1.54, 1.807) is 11.1 Å². The van der Waals surface area contributed by atoms with Gasteiger partial charge in [0.25, 0.3) is 5.91 Å². The number of fused-ring (bicyclic) bond motifs is 1. The number of amides is 2. The third kappa shape index (κ3) is 3.13. The number of likely N-dealkylation sites (tertiary alicyclic amines) is 1. The van der Waals surface area contributed by atoms with Gasteiger partial charge in [-0.1, -0.05) is 18.9 Å². The van der Waals surface area contributed by atoms with E-state index >= 15 is 0 Å². The minimum atomic E-state index is -0.0942. The maximum atomic E-state index is 12.8. The fraction of sp³-hybridized carbons (Fsp3) is 0.526. The van der Waals surface area contributed by atoms with Gasteiger partial charge in [-0.05, 0) is 37.8 Å². The van der Waals surface area contributed by atoms with Crippen molar-refractivity contribution >= 4 is 17.5 Å². The summed E-state index contributed by atoms with van der Waals surface area (Å²) in [6.45, 7) is 3.09. The topological polar surface area (TPSA) is 66.7 Å². The van der Waals surface area contributed by atoms with Crippen LogP contribution in [-0.2, 0) is 4.79 Å². The summed E-state index contributed by atoms with van der Waals surface area (Å²) in [5.41, 5.74) is 2.29. The van der Waals surface area contributed by atoms with Crippen LogP contribution >= 0.6 is 0 Å². The van der Waals surface area contributed by atoms with E-state index in [1.807, 2.05) is 29.7 Å². The maximum absolute atomic E-state index is 12.8. The number of pyridine rings is 1. The molecule has 2 fully saturated rings. The molecule has 4 rings (SSSR count). The van der Waals surface area contributed by atoms with Crippen molar-refractivity contribution in [3.8, 4) is 0 Å². The molecule has 0 bridgehead atoms. The molecule has 2 aromatic rings. The molecule has 1 saturated heterocycles. The number of hydrogen-bond acceptors (Lipinski definition) is 3. The highest BCUT2D eigenvalue weighted by Gasteiger charge is 2.33. The van der Waals surface area contributed by atoms with Crippen molar-refractivity contribution in [3.63, 3.8) is 0 Å². The summed E-state index contributed by atoms with van der Waals surface area (Å²) in [6, 6.07) is 4.26. The SMILES string of the molecule is Cc1cccn2cc(C(=O)N3CC[C@H](C(=O)NC4CCCC4)C3)nc12. The van der Waals surface area contributed by atoms with Gasteiger partial charge < -0.3 is 14.6 Å². The molecule has 0 aromatic carbocycles. The molecule has 0 spiro atoms. The minimum Gasteiger partial charge on any atom is -0.353 e. The number of nitrogens with one attached hydrogen (secondary N) is 1. The van der Waals surface area contributed by atoms with Crippen molar-refractivity contribution in [2.45, 2.75) is 45.1 Å². The van der Waals surface area contributed by atoms with Gasteiger partial charge in [-0.3, -0.25) is 9.59 Å². The molecule has 1 atom stereocenters. The Labute approximate surface area is 147 Å². The van der Waals surface area contributed by atoms with Gasteiger partial charge in [0, 0.05) is 31.5 Å². The number of aryl methyl sites for hydroxylation is 1. The van der Waals surface area contributed by atoms with E-state index in [0.29, 0.717) is 24.8 Å². The van der Waals surface area contributed by atoms with Crippen molar-refractivity contribution < 1.29 is 9.59 Å². The fourth-order valence-electron chi connectivity index (χ4n) is 3.97. The summed E-state index contributed by atoms with van der Waals surface area (Å²) < 4.78 is 1.88. The average Bonchev–Trinajstić information content (AvgIpc) is 3.34. The third-order valence-corrected chi connectivity index (χ3v) is 5.44. The second kappa shape index (κ2) is 6.50. The molecular weight excluding hydrogens is 316 g/mol. The number of carbonyl (C=O) groups excluding carboxylic acids is 2. The second-order valence-corrected chi connectivity index (χ2v) is 7.27. The van der Waals surface area contributed by atoms with Gasteiger partial charge in [-0.25, -0.2) is 4.98 Å². The lowest BCUT2D eigenvalue weighted by Gasteiger charge is -2.17. The predicted molar refractivity (Wildman–Crippen MR) is 94.3 cm³/mol. The molecule has 1 saturated carbocycles. The largest absolute Gasteiger partial charge is 0.353 e. The smallest absolute Gasteiger partial charge is 0.274 e. The number of nitrogens with zero attached hydrogens (tertiary/aromatic N) is 3. The van der Waals surface area contributed by atoms with Gasteiger partial charge in [-0.2, -0.15) is 0 Å². The van der Waals surface area contributed by atoms with Crippen LogP contribution in [0.15, 0.2) is 24.5 Å². The fourth-order valence-corrected chi connectivity index (χ4v) is 3.97. The van der Waals surface area contributed by atoms with Gasteiger partial charge in [0.2, 0.25) is 5.91 Å². The summed E-state index contributed by atoms with van der Waals surface area (Å²) in [4.78, 5) is 31.4. The summed E-state index contributed by atoms with van der Waals surface area (Å²) in [7, 11) is 0. The van der Waals surface area contributed by atoms with Gasteiger partial charge in [0.1, 0.15) is 11.3 Å². The van der Waals surface area contributed by atoms with E-state index in [4.69, 9.17) is 0 Å². The maximum Gasteiger partial charge on any atom is 0.274 e. The third-order valence-electron chi connectivity index (χ3n) is 5.44. The van der Waals surface area contributed by atoms with Gasteiger partial charge >= 0.3 is 0 Å². The lowest BCUT2D eigenvalue weighted by molar-refractivity contribution is -0.125. The Morgan fingerprint density at radius 3 is 2.80 bits per heavy atom. The summed E-state index contributed by atoms with van der Waals surface area (Å²) in [5.74, 6) is -0.0735. The Balaban J connectivity index is 1.42. The van der Waals surface area contributed by atoms with Gasteiger partial charge in [0.15, 0.2) is 0 Å². The Kier molecular flexibility index (Phi) is 4.19. The molecule has 6 heteroatoms. The number of rotatable bonds is 3. The van der Waals surface area contributed by atoms with E-state index in [2.05, 4.69) is 10.3 Å². The zero-order valence-corrected chi connectivity index (χ0v) is 14.6. The zero-order valence-electron chi connectivity index (χ0n) is 14.6. The highest BCUT2D eigenvalue weighted by molar-refractivity contribution is 5.94. The van der Waals surface area contributed by atoms with Gasteiger partial charge in [-0.15, -0.1) is 0 Å². The molecular formula is C19H24N4O2. The monoisotopic (exact) mass is 340 g/mol. The predicted octanol–water partition coefficient (Wildman–Crippen LogP) is 2.16. The van der Waals surface area contributed by atoms with Crippen molar-refractivity contribution in [2.75, 3.05) is 13.1 Å². The minimum absolute atomic E-state index is 0.0840. The summed E-state index contributed by atoms with van der Waals surface area (Å²) in [5, 5.41) is 3.15. The van der Waals surface area contributed by atoms with Crippen molar-refractivity contribution in [3.05, 3.63) is 35.8 Å². The Morgan fingerprint density at radius 1 is 1.24 bits per heavy atom. The average molecular weight is 340 g/mol. The molecule has 2 amide bonds. The van der Waals surface area contributed by atoms with E-state index in [-0.39, 0.29) is 17.7 Å². The van der Waals surface area contributed by atoms with Crippen molar-refractivity contribution in [1.29, 1.82) is 0 Å². The summed E-state index contributed by atoms with van der Waals surface area (Å²) >= 11 is 0. The van der Waals surface area contributed by atoms with Crippen LogP contribution in [0.1, 0.15) is 48.2 Å². The molecule has 0 unspecified atom stereocenters. The quantitative estimate of drug-likeness (QED) is 0.931. The molecule has 2 aromatic heterocycles. The van der Waals surface area contributed by atoms with Crippen molar-refractivity contribution in [1.82, 2.24) is 19.6 Å². The van der Waals surface area contributed by atoms with E-state index < -0.39 is 0 Å². The lowest BCUT2D eigenvalue weighted by Crippen LogP contribution is -2.39. The number of imidazole rings is 1. The van der Waals surface area contributed by atoms with E-state index in [1.165, 1.54) is 12.8 Å². The second-order valence-electron chi connectivity index (χ2n) is 7.27. The number of aromatic nitrogens is 2. The zero-order chi connectivity index (χ0) is 17.4. The van der Waals surface area contributed by atoms with E-state index in [9.17, 15) is 9.59 Å². The Bertz CT molecular complexity index is 807. The van der Waals surface area contributed by atoms with Gasteiger partial charge in [0.05, 0.1) is 5.92 Å². The number of hydrogen-bond donors (Lipinski definition) is 1. The molecule has 6 nitrogen and oxygen atoms in total. The summed E-state index contributed by atoms with van der Waals surface area (Å²) in [6.07, 6.45) is 8.98. The first-order valence-electron chi connectivity index (χ1n) is 9.16. The highest BCUT2D eigenvalue weighted by Crippen LogP contribution is 2.22. The molecule has 3 heterocycles. The van der Waals surface area contributed by atoms with Crippen LogP contribution in [-0.4, -0.2) is 45.2 Å². The molecule has 2 aliphatic rings. The molecule has 25 heavy (non-hydrogen) atoms. The van der Waals surface area contributed by atoms with Crippen LogP contribution < -0.4 is 5.32 Å². The molecule has 0 radical (unpaired) electrons. The first kappa shape index (κ1) is 16.1. The molecule has 1 aliphatic carbocycles. The molecule has 1 aliphatic heterocycles. The first-order chi connectivity index (χ1) is 12.1.